The lowest BCUT2D eigenvalue weighted by Gasteiger charge is -2.18. The highest BCUT2D eigenvalue weighted by atomic mass is 16.6. The number of carbonyl (C=O) groups excluding carboxylic acids is 3. The quantitative estimate of drug-likeness (QED) is 0.0280. The highest BCUT2D eigenvalue weighted by Crippen LogP contribution is 2.13. The van der Waals surface area contributed by atoms with Crippen molar-refractivity contribution in [3.05, 3.63) is 48.6 Å². The Kier molecular flexibility index (Phi) is 37.1. The SMILES string of the molecule is CC/C=C\C/C=C\C/C=C\CC(=O)OCC(COC(=O)CCCCCCC/C=C\CCCCC)OC(=O)CCCCCCCCCCCCC. The fraction of sp³-hybridized carbons (Fsp3) is 0.750. The second-order valence-electron chi connectivity index (χ2n) is 13.5. The van der Waals surface area contributed by atoms with Crippen LogP contribution in [0, 0.1) is 0 Å². The lowest BCUT2D eigenvalue weighted by Crippen LogP contribution is -2.30. The topological polar surface area (TPSA) is 78.9 Å². The van der Waals surface area contributed by atoms with Gasteiger partial charge in [0.1, 0.15) is 13.2 Å². The molecule has 0 spiro atoms. The average Bonchev–Trinajstić information content (AvgIpc) is 3.11. The summed E-state index contributed by atoms with van der Waals surface area (Å²) in [6, 6.07) is 0. The van der Waals surface area contributed by atoms with Gasteiger partial charge >= 0.3 is 17.9 Å². The fourth-order valence-corrected chi connectivity index (χ4v) is 5.50. The van der Waals surface area contributed by atoms with Crippen LogP contribution in [0.2, 0.25) is 0 Å². The van der Waals surface area contributed by atoms with E-state index in [0.717, 1.165) is 64.2 Å². The second-order valence-corrected chi connectivity index (χ2v) is 13.5. The van der Waals surface area contributed by atoms with Crippen LogP contribution in [0.5, 0.6) is 0 Å². The van der Waals surface area contributed by atoms with Gasteiger partial charge in [0.05, 0.1) is 6.42 Å². The molecule has 0 saturated heterocycles. The van der Waals surface area contributed by atoms with E-state index in [2.05, 4.69) is 57.2 Å². The van der Waals surface area contributed by atoms with Gasteiger partial charge in [-0.05, 0) is 57.8 Å². The first-order valence-electron chi connectivity index (χ1n) is 20.6. The number of unbranched alkanes of at least 4 members (excludes halogenated alkanes) is 18. The summed E-state index contributed by atoms with van der Waals surface area (Å²) in [4.78, 5) is 37.4. The molecule has 0 aliphatic heterocycles. The average molecular weight is 701 g/mol. The van der Waals surface area contributed by atoms with Crippen molar-refractivity contribution < 1.29 is 28.6 Å². The molecule has 0 bridgehead atoms. The zero-order chi connectivity index (χ0) is 36.6. The van der Waals surface area contributed by atoms with Gasteiger partial charge in [-0.15, -0.1) is 0 Å². The summed E-state index contributed by atoms with van der Waals surface area (Å²) < 4.78 is 16.5. The van der Waals surface area contributed by atoms with Gasteiger partial charge in [0, 0.05) is 12.8 Å². The van der Waals surface area contributed by atoms with Crippen molar-refractivity contribution in [3.8, 4) is 0 Å². The van der Waals surface area contributed by atoms with Crippen molar-refractivity contribution in [1.29, 1.82) is 0 Å². The molecule has 0 heterocycles. The van der Waals surface area contributed by atoms with Crippen LogP contribution in [0.15, 0.2) is 48.6 Å². The molecule has 0 aliphatic rings. The van der Waals surface area contributed by atoms with E-state index in [1.807, 2.05) is 6.08 Å². The first-order chi connectivity index (χ1) is 24.5. The molecule has 0 saturated carbocycles. The van der Waals surface area contributed by atoms with Gasteiger partial charge < -0.3 is 14.2 Å². The largest absolute Gasteiger partial charge is 0.462 e. The minimum atomic E-state index is -0.804. The van der Waals surface area contributed by atoms with Crippen LogP contribution in [0.1, 0.15) is 194 Å². The molecule has 6 heteroatoms. The lowest BCUT2D eigenvalue weighted by atomic mass is 10.1. The van der Waals surface area contributed by atoms with E-state index < -0.39 is 12.1 Å². The predicted molar refractivity (Wildman–Crippen MR) is 210 cm³/mol. The molecular formula is C44H76O6. The number of ether oxygens (including phenoxy) is 3. The van der Waals surface area contributed by atoms with E-state index in [1.165, 1.54) is 89.9 Å². The molecule has 0 N–H and O–H groups in total. The van der Waals surface area contributed by atoms with Crippen LogP contribution < -0.4 is 0 Å². The molecule has 6 nitrogen and oxygen atoms in total. The summed E-state index contributed by atoms with van der Waals surface area (Å²) in [6.07, 6.45) is 44.1. The van der Waals surface area contributed by atoms with Crippen LogP contribution >= 0.6 is 0 Å². The summed E-state index contributed by atoms with van der Waals surface area (Å²) in [5, 5.41) is 0. The van der Waals surface area contributed by atoms with Crippen LogP contribution in [0.4, 0.5) is 0 Å². The summed E-state index contributed by atoms with van der Waals surface area (Å²) in [7, 11) is 0. The molecule has 0 rings (SSSR count). The maximum absolute atomic E-state index is 12.6. The first-order valence-corrected chi connectivity index (χ1v) is 20.6. The highest BCUT2D eigenvalue weighted by Gasteiger charge is 2.19. The summed E-state index contributed by atoms with van der Waals surface area (Å²) >= 11 is 0. The maximum atomic E-state index is 12.6. The van der Waals surface area contributed by atoms with E-state index in [0.29, 0.717) is 12.8 Å². The first kappa shape index (κ1) is 47.4. The highest BCUT2D eigenvalue weighted by molar-refractivity contribution is 5.72. The molecule has 0 radical (unpaired) electrons. The number of hydrogen-bond acceptors (Lipinski definition) is 6. The summed E-state index contributed by atoms with van der Waals surface area (Å²) in [5.41, 5.74) is 0. The van der Waals surface area contributed by atoms with Gasteiger partial charge in [-0.1, -0.05) is 166 Å². The fourth-order valence-electron chi connectivity index (χ4n) is 5.50. The molecule has 0 aromatic rings. The third kappa shape index (κ3) is 36.6. The van der Waals surface area contributed by atoms with Gasteiger partial charge in [-0.3, -0.25) is 14.4 Å². The summed E-state index contributed by atoms with van der Waals surface area (Å²) in [5.74, 6) is -1.05. The number of esters is 3. The zero-order valence-electron chi connectivity index (χ0n) is 32.7. The zero-order valence-corrected chi connectivity index (χ0v) is 32.7. The van der Waals surface area contributed by atoms with Crippen molar-refractivity contribution in [3.63, 3.8) is 0 Å². The Labute approximate surface area is 307 Å². The van der Waals surface area contributed by atoms with E-state index >= 15 is 0 Å². The van der Waals surface area contributed by atoms with Crippen LogP contribution in [0.25, 0.3) is 0 Å². The Morgan fingerprint density at radius 3 is 1.42 bits per heavy atom. The Balaban J connectivity index is 4.46. The molecule has 1 atom stereocenters. The van der Waals surface area contributed by atoms with Gasteiger partial charge in [0.15, 0.2) is 6.10 Å². The lowest BCUT2D eigenvalue weighted by molar-refractivity contribution is -0.166. The van der Waals surface area contributed by atoms with Crippen LogP contribution in [-0.4, -0.2) is 37.2 Å². The minimum Gasteiger partial charge on any atom is -0.462 e. The standard InChI is InChI=1S/C44H76O6/c1-4-7-10-13-16-19-21-23-25-28-31-34-37-43(46)49-40-41(39-48-42(45)36-33-30-27-24-18-15-12-9-6-3)50-44(47)38-35-32-29-26-22-20-17-14-11-8-5-2/h9,12,16,18-19,24,30,33,41H,4-8,10-11,13-15,17,20-23,25-29,31-32,34-40H2,1-3H3/b12-9-,19-16-,24-18-,33-30-. The Hall–Kier alpha value is -2.63. The smallest absolute Gasteiger partial charge is 0.309 e. The molecule has 0 fully saturated rings. The number of carbonyl (C=O) groups is 3. The molecule has 0 amide bonds. The monoisotopic (exact) mass is 701 g/mol. The Morgan fingerprint density at radius 1 is 0.440 bits per heavy atom. The maximum Gasteiger partial charge on any atom is 0.309 e. The third-order valence-electron chi connectivity index (χ3n) is 8.60. The van der Waals surface area contributed by atoms with Gasteiger partial charge in [0.2, 0.25) is 0 Å². The van der Waals surface area contributed by atoms with Crippen LogP contribution in [0.3, 0.4) is 0 Å². The van der Waals surface area contributed by atoms with E-state index in [-0.39, 0.29) is 31.6 Å². The third-order valence-corrected chi connectivity index (χ3v) is 8.60. The molecule has 0 aromatic carbocycles. The Bertz CT molecular complexity index is 902. The molecule has 288 valence electrons. The van der Waals surface area contributed by atoms with Crippen molar-refractivity contribution in [1.82, 2.24) is 0 Å². The van der Waals surface area contributed by atoms with Gasteiger partial charge in [0.25, 0.3) is 0 Å². The van der Waals surface area contributed by atoms with Crippen molar-refractivity contribution in [2.24, 2.45) is 0 Å². The normalized spacial score (nSPS) is 12.5. The van der Waals surface area contributed by atoms with Gasteiger partial charge in [-0.25, -0.2) is 0 Å². The van der Waals surface area contributed by atoms with Gasteiger partial charge in [-0.2, -0.15) is 0 Å². The molecule has 0 aliphatic carbocycles. The number of hydrogen-bond donors (Lipinski definition) is 0. The number of rotatable bonds is 36. The molecule has 1 unspecified atom stereocenters. The van der Waals surface area contributed by atoms with Crippen molar-refractivity contribution in [2.75, 3.05) is 13.2 Å². The van der Waals surface area contributed by atoms with E-state index in [9.17, 15) is 14.4 Å². The van der Waals surface area contributed by atoms with Crippen molar-refractivity contribution >= 4 is 17.9 Å². The number of allylic oxidation sites excluding steroid dienone is 7. The predicted octanol–water partition coefficient (Wildman–Crippen LogP) is 12.8. The van der Waals surface area contributed by atoms with Crippen molar-refractivity contribution in [2.45, 2.75) is 200 Å². The second kappa shape index (κ2) is 39.2. The van der Waals surface area contributed by atoms with E-state index in [4.69, 9.17) is 14.2 Å². The molecule has 50 heavy (non-hydrogen) atoms. The summed E-state index contributed by atoms with van der Waals surface area (Å²) in [6.45, 7) is 6.36. The molecular weight excluding hydrogens is 624 g/mol. The van der Waals surface area contributed by atoms with Crippen LogP contribution in [-0.2, 0) is 28.6 Å². The van der Waals surface area contributed by atoms with E-state index in [1.54, 1.807) is 6.08 Å². The Morgan fingerprint density at radius 2 is 0.860 bits per heavy atom. The minimum absolute atomic E-state index is 0.103. The molecule has 0 aromatic heterocycles.